The Hall–Kier alpha value is -3.87. The SMILES string of the molecule is Cc1ccc(C)c(-c2ccc(-c3n[nH]c4ncc(-c5ccc6c(c5)CC[C@@H](N5C7COCC5C7)CC6)cc34)cc2C)n1. The molecule has 2 aromatic carbocycles. The number of fused-ring (bicyclic) bond motifs is 4. The van der Waals surface area contributed by atoms with Gasteiger partial charge in [0, 0.05) is 52.1 Å². The molecule has 2 fully saturated rings. The van der Waals surface area contributed by atoms with E-state index in [1.807, 2.05) is 13.1 Å². The van der Waals surface area contributed by atoms with Crippen molar-refractivity contribution in [1.29, 1.82) is 0 Å². The van der Waals surface area contributed by atoms with E-state index in [1.54, 1.807) is 0 Å². The van der Waals surface area contributed by atoms with Gasteiger partial charge < -0.3 is 4.74 Å². The standard InChI is InChI=1S/C36H37N5O/c1-21-4-5-23(3)38-34(21)32-13-10-27(14-22(32)2)35-33-16-28(18-37-36(33)40-39-35)26-7-6-24-8-11-29(12-9-25(24)15-26)41-30-17-31(41)20-42-19-30/h4-7,10,13-16,18,29-31H,8-9,11-12,17,19-20H2,1-3H3,(H,37,39,40)/t29-,30?,31?/m0/s1. The smallest absolute Gasteiger partial charge is 0.155 e. The summed E-state index contributed by atoms with van der Waals surface area (Å²) in [4.78, 5) is 12.4. The Morgan fingerprint density at radius 2 is 1.57 bits per heavy atom. The minimum Gasteiger partial charge on any atom is -0.378 e. The van der Waals surface area contributed by atoms with Gasteiger partial charge in [-0.05, 0) is 98.9 Å². The average Bonchev–Trinajstić information content (AvgIpc) is 3.33. The van der Waals surface area contributed by atoms with Crippen molar-refractivity contribution in [2.75, 3.05) is 13.2 Å². The number of aromatic amines is 1. The van der Waals surface area contributed by atoms with Gasteiger partial charge in [0.15, 0.2) is 5.65 Å². The Bertz CT molecular complexity index is 1810. The van der Waals surface area contributed by atoms with Crippen molar-refractivity contribution in [3.05, 3.63) is 88.7 Å². The van der Waals surface area contributed by atoms with Gasteiger partial charge in [0.1, 0.15) is 5.69 Å². The normalized spacial score (nSPS) is 22.0. The van der Waals surface area contributed by atoms with Gasteiger partial charge in [-0.3, -0.25) is 15.0 Å². The first kappa shape index (κ1) is 25.8. The summed E-state index contributed by atoms with van der Waals surface area (Å²) in [5.74, 6) is 0. The molecule has 0 amide bonds. The molecule has 0 saturated carbocycles. The molecular formula is C36H37N5O. The van der Waals surface area contributed by atoms with Crippen LogP contribution in [0.4, 0.5) is 0 Å². The maximum absolute atomic E-state index is 5.75. The van der Waals surface area contributed by atoms with Gasteiger partial charge >= 0.3 is 0 Å². The van der Waals surface area contributed by atoms with E-state index in [9.17, 15) is 0 Å². The predicted molar refractivity (Wildman–Crippen MR) is 167 cm³/mol. The molecule has 3 atom stereocenters. The van der Waals surface area contributed by atoms with Crippen molar-refractivity contribution >= 4 is 11.0 Å². The van der Waals surface area contributed by atoms with E-state index in [0.717, 1.165) is 70.9 Å². The van der Waals surface area contributed by atoms with E-state index in [4.69, 9.17) is 19.8 Å². The minimum atomic E-state index is 0.649. The third-order valence-electron chi connectivity index (χ3n) is 9.87. The lowest BCUT2D eigenvalue weighted by Gasteiger charge is -2.56. The van der Waals surface area contributed by atoms with Gasteiger partial charge in [0.2, 0.25) is 0 Å². The fraction of sp³-hybridized carbons (Fsp3) is 0.361. The first-order chi connectivity index (χ1) is 20.5. The summed E-state index contributed by atoms with van der Waals surface area (Å²) in [5, 5.41) is 8.91. The lowest BCUT2D eigenvalue weighted by atomic mass is 9.87. The molecule has 5 heterocycles. The van der Waals surface area contributed by atoms with Gasteiger partial charge in [-0.2, -0.15) is 5.10 Å². The van der Waals surface area contributed by atoms with Crippen LogP contribution in [-0.4, -0.2) is 56.4 Å². The summed E-state index contributed by atoms with van der Waals surface area (Å²) in [6.07, 6.45) is 8.09. The van der Waals surface area contributed by atoms with Crippen molar-refractivity contribution in [1.82, 2.24) is 25.1 Å². The van der Waals surface area contributed by atoms with Gasteiger partial charge in [0.05, 0.1) is 18.9 Å². The van der Waals surface area contributed by atoms with Crippen molar-refractivity contribution < 1.29 is 4.74 Å². The minimum absolute atomic E-state index is 0.649. The molecule has 5 aromatic rings. The molecule has 42 heavy (non-hydrogen) atoms. The second-order valence-electron chi connectivity index (χ2n) is 12.6. The zero-order valence-electron chi connectivity index (χ0n) is 24.7. The Morgan fingerprint density at radius 1 is 0.762 bits per heavy atom. The summed E-state index contributed by atoms with van der Waals surface area (Å²) in [5.41, 5.74) is 13.8. The van der Waals surface area contributed by atoms with E-state index in [-0.39, 0.29) is 0 Å². The van der Waals surface area contributed by atoms with Crippen molar-refractivity contribution in [3.8, 4) is 33.6 Å². The van der Waals surface area contributed by atoms with E-state index in [0.29, 0.717) is 18.1 Å². The number of aryl methyl sites for hydroxylation is 5. The molecule has 2 bridgehead atoms. The molecule has 6 nitrogen and oxygen atoms in total. The summed E-state index contributed by atoms with van der Waals surface area (Å²) in [6.45, 7) is 8.16. The molecule has 2 unspecified atom stereocenters. The number of ether oxygens (including phenoxy) is 1. The van der Waals surface area contributed by atoms with Crippen LogP contribution in [0.15, 0.2) is 60.8 Å². The highest BCUT2D eigenvalue weighted by Crippen LogP contribution is 2.38. The predicted octanol–water partition coefficient (Wildman–Crippen LogP) is 7.00. The summed E-state index contributed by atoms with van der Waals surface area (Å²) < 4.78 is 5.75. The van der Waals surface area contributed by atoms with Crippen LogP contribution in [0.1, 0.15) is 47.2 Å². The van der Waals surface area contributed by atoms with Gasteiger partial charge in [-0.1, -0.05) is 36.4 Å². The Labute approximate surface area is 247 Å². The number of pyridine rings is 2. The fourth-order valence-corrected chi connectivity index (χ4v) is 7.59. The number of nitrogens with zero attached hydrogens (tertiary/aromatic N) is 4. The Morgan fingerprint density at radius 3 is 2.38 bits per heavy atom. The maximum atomic E-state index is 5.75. The molecule has 0 spiro atoms. The number of benzene rings is 2. The van der Waals surface area contributed by atoms with Crippen LogP contribution in [0.2, 0.25) is 0 Å². The van der Waals surface area contributed by atoms with Crippen LogP contribution < -0.4 is 0 Å². The fourth-order valence-electron chi connectivity index (χ4n) is 7.59. The monoisotopic (exact) mass is 555 g/mol. The highest BCUT2D eigenvalue weighted by Gasteiger charge is 2.45. The second kappa shape index (κ2) is 10.1. The summed E-state index contributed by atoms with van der Waals surface area (Å²) in [6, 6.07) is 22.0. The molecule has 2 aliphatic heterocycles. The molecule has 0 radical (unpaired) electrons. The molecule has 8 rings (SSSR count). The van der Waals surface area contributed by atoms with E-state index in [2.05, 4.69) is 78.4 Å². The van der Waals surface area contributed by atoms with Crippen molar-refractivity contribution in [2.24, 2.45) is 0 Å². The number of morpholine rings is 1. The topological polar surface area (TPSA) is 66.9 Å². The largest absolute Gasteiger partial charge is 0.378 e. The summed E-state index contributed by atoms with van der Waals surface area (Å²) >= 11 is 0. The lowest BCUT2D eigenvalue weighted by Crippen LogP contribution is -2.66. The first-order valence-corrected chi connectivity index (χ1v) is 15.4. The van der Waals surface area contributed by atoms with Crippen LogP contribution in [0.5, 0.6) is 0 Å². The van der Waals surface area contributed by atoms with E-state index >= 15 is 0 Å². The molecular weight excluding hydrogens is 518 g/mol. The van der Waals surface area contributed by atoms with E-state index in [1.165, 1.54) is 47.1 Å². The van der Waals surface area contributed by atoms with Gasteiger partial charge in [0.25, 0.3) is 0 Å². The molecule has 3 aliphatic rings. The quantitative estimate of drug-likeness (QED) is 0.242. The first-order valence-electron chi connectivity index (χ1n) is 15.4. The second-order valence-corrected chi connectivity index (χ2v) is 12.6. The number of hydrogen-bond acceptors (Lipinski definition) is 5. The molecule has 2 saturated heterocycles. The number of hydrogen-bond donors (Lipinski definition) is 1. The van der Waals surface area contributed by atoms with Crippen LogP contribution in [-0.2, 0) is 17.6 Å². The molecule has 212 valence electrons. The molecule has 6 heteroatoms. The lowest BCUT2D eigenvalue weighted by molar-refractivity contribution is -0.148. The Balaban J connectivity index is 1.08. The molecule has 1 N–H and O–H groups in total. The number of nitrogens with one attached hydrogen (secondary N) is 1. The van der Waals surface area contributed by atoms with Crippen molar-refractivity contribution in [3.63, 3.8) is 0 Å². The highest BCUT2D eigenvalue weighted by atomic mass is 16.5. The average molecular weight is 556 g/mol. The van der Waals surface area contributed by atoms with Crippen molar-refractivity contribution in [2.45, 2.75) is 71.0 Å². The van der Waals surface area contributed by atoms with Gasteiger partial charge in [-0.25, -0.2) is 4.98 Å². The number of rotatable bonds is 4. The third-order valence-corrected chi connectivity index (χ3v) is 9.87. The van der Waals surface area contributed by atoms with Crippen LogP contribution in [0.25, 0.3) is 44.7 Å². The van der Waals surface area contributed by atoms with Crippen LogP contribution >= 0.6 is 0 Å². The van der Waals surface area contributed by atoms with Crippen LogP contribution in [0, 0.1) is 20.8 Å². The van der Waals surface area contributed by atoms with E-state index < -0.39 is 0 Å². The highest BCUT2D eigenvalue weighted by molar-refractivity contribution is 5.94. The number of aromatic nitrogens is 4. The zero-order chi connectivity index (χ0) is 28.4. The molecule has 1 aliphatic carbocycles. The Kier molecular flexibility index (Phi) is 6.23. The summed E-state index contributed by atoms with van der Waals surface area (Å²) in [7, 11) is 0. The third kappa shape index (κ3) is 4.36. The van der Waals surface area contributed by atoms with Gasteiger partial charge in [-0.15, -0.1) is 0 Å². The van der Waals surface area contributed by atoms with Crippen LogP contribution in [0.3, 0.4) is 0 Å². The number of H-pyrrole nitrogens is 1. The molecule has 3 aromatic heterocycles. The zero-order valence-corrected chi connectivity index (χ0v) is 24.7. The maximum Gasteiger partial charge on any atom is 0.155 e.